The van der Waals surface area contributed by atoms with Gasteiger partial charge in [0, 0.05) is 12.7 Å². The third kappa shape index (κ3) is 2.92. The molecule has 1 saturated carbocycles. The first-order valence-corrected chi connectivity index (χ1v) is 5.41. The van der Waals surface area contributed by atoms with Crippen molar-refractivity contribution in [2.75, 3.05) is 7.11 Å². The fourth-order valence-corrected chi connectivity index (χ4v) is 1.77. The van der Waals surface area contributed by atoms with Crippen LogP contribution in [0.15, 0.2) is 18.2 Å². The quantitative estimate of drug-likeness (QED) is 0.809. The molecular weight excluding hydrogens is 230 g/mol. The standard InChI is InChI=1S/C12H14F2O3/c1-16-11(15)8-4-5-10(17-12(13)14)9(6-8)7-2-3-7/h4-7,11-12,15H,2-3H2,1H3. The number of hydrogen-bond acceptors (Lipinski definition) is 3. The summed E-state index contributed by atoms with van der Waals surface area (Å²) in [4.78, 5) is 0. The lowest BCUT2D eigenvalue weighted by Gasteiger charge is -2.14. The molecule has 1 N–H and O–H groups in total. The van der Waals surface area contributed by atoms with Gasteiger partial charge in [0.25, 0.3) is 0 Å². The van der Waals surface area contributed by atoms with Gasteiger partial charge in [-0.25, -0.2) is 0 Å². The minimum Gasteiger partial charge on any atom is -0.435 e. The van der Waals surface area contributed by atoms with Crippen LogP contribution >= 0.6 is 0 Å². The van der Waals surface area contributed by atoms with Crippen molar-refractivity contribution < 1.29 is 23.4 Å². The highest BCUT2D eigenvalue weighted by molar-refractivity contribution is 5.42. The van der Waals surface area contributed by atoms with Crippen LogP contribution in [0.3, 0.4) is 0 Å². The fraction of sp³-hybridized carbons (Fsp3) is 0.500. The second-order valence-corrected chi connectivity index (χ2v) is 4.04. The van der Waals surface area contributed by atoms with Crippen molar-refractivity contribution in [2.45, 2.75) is 31.7 Å². The molecule has 5 heteroatoms. The molecule has 0 aliphatic heterocycles. The van der Waals surface area contributed by atoms with Crippen LogP contribution in [0.4, 0.5) is 8.78 Å². The Kier molecular flexibility index (Phi) is 3.59. The third-order valence-electron chi connectivity index (χ3n) is 2.78. The second-order valence-electron chi connectivity index (χ2n) is 4.04. The summed E-state index contributed by atoms with van der Waals surface area (Å²) in [7, 11) is 1.38. The zero-order valence-corrected chi connectivity index (χ0v) is 9.40. The number of methoxy groups -OCH3 is 1. The van der Waals surface area contributed by atoms with Crippen molar-refractivity contribution in [3.63, 3.8) is 0 Å². The lowest BCUT2D eigenvalue weighted by molar-refractivity contribution is -0.0771. The number of ether oxygens (including phenoxy) is 2. The maximum Gasteiger partial charge on any atom is 0.387 e. The van der Waals surface area contributed by atoms with Crippen molar-refractivity contribution in [3.05, 3.63) is 29.3 Å². The van der Waals surface area contributed by atoms with Crippen molar-refractivity contribution in [1.82, 2.24) is 0 Å². The molecule has 1 aromatic rings. The Labute approximate surface area is 98.0 Å². The van der Waals surface area contributed by atoms with Gasteiger partial charge in [-0.3, -0.25) is 0 Å². The van der Waals surface area contributed by atoms with Gasteiger partial charge >= 0.3 is 6.61 Å². The Hall–Kier alpha value is -1.20. The van der Waals surface area contributed by atoms with Crippen LogP contribution in [0, 0.1) is 0 Å². The summed E-state index contributed by atoms with van der Waals surface area (Å²) >= 11 is 0. The van der Waals surface area contributed by atoms with E-state index in [1.807, 2.05) is 0 Å². The minimum atomic E-state index is -2.83. The van der Waals surface area contributed by atoms with Gasteiger partial charge in [0.05, 0.1) is 0 Å². The Balaban J connectivity index is 2.27. The Bertz CT molecular complexity index is 391. The summed E-state index contributed by atoms with van der Waals surface area (Å²) in [6.45, 7) is -2.83. The summed E-state index contributed by atoms with van der Waals surface area (Å²) in [5.41, 5.74) is 1.27. The van der Waals surface area contributed by atoms with E-state index in [1.165, 1.54) is 19.2 Å². The molecule has 3 nitrogen and oxygen atoms in total. The maximum absolute atomic E-state index is 12.2. The fourth-order valence-electron chi connectivity index (χ4n) is 1.77. The molecule has 0 saturated heterocycles. The zero-order valence-electron chi connectivity index (χ0n) is 9.40. The first-order valence-electron chi connectivity index (χ1n) is 5.41. The molecule has 1 unspecified atom stereocenters. The zero-order chi connectivity index (χ0) is 12.4. The molecule has 0 bridgehead atoms. The topological polar surface area (TPSA) is 38.7 Å². The number of hydrogen-bond donors (Lipinski definition) is 1. The number of alkyl halides is 2. The largest absolute Gasteiger partial charge is 0.435 e. The molecule has 1 atom stereocenters. The number of aliphatic hydroxyl groups excluding tert-OH is 1. The van der Waals surface area contributed by atoms with Crippen LogP contribution in [-0.2, 0) is 4.74 Å². The van der Waals surface area contributed by atoms with Gasteiger partial charge in [-0.2, -0.15) is 8.78 Å². The summed E-state index contributed by atoms with van der Waals surface area (Å²) < 4.78 is 33.7. The maximum atomic E-state index is 12.2. The number of aliphatic hydroxyl groups is 1. The molecule has 94 valence electrons. The monoisotopic (exact) mass is 244 g/mol. The lowest BCUT2D eigenvalue weighted by Crippen LogP contribution is -2.06. The van der Waals surface area contributed by atoms with Crippen molar-refractivity contribution in [3.8, 4) is 5.75 Å². The van der Waals surface area contributed by atoms with Gasteiger partial charge in [0.1, 0.15) is 5.75 Å². The Morgan fingerprint density at radius 2 is 2.06 bits per heavy atom. The molecule has 1 aromatic carbocycles. The Morgan fingerprint density at radius 3 is 2.59 bits per heavy atom. The van der Waals surface area contributed by atoms with Crippen molar-refractivity contribution in [1.29, 1.82) is 0 Å². The van der Waals surface area contributed by atoms with Gasteiger partial charge in [-0.1, -0.05) is 6.07 Å². The molecule has 0 amide bonds. The molecule has 0 radical (unpaired) electrons. The molecule has 0 aromatic heterocycles. The molecule has 1 fully saturated rings. The molecule has 2 rings (SSSR count). The first-order chi connectivity index (χ1) is 8.11. The van der Waals surface area contributed by atoms with E-state index in [0.717, 1.165) is 18.4 Å². The van der Waals surface area contributed by atoms with Gasteiger partial charge in [0.2, 0.25) is 0 Å². The first kappa shape index (κ1) is 12.3. The normalized spacial score (nSPS) is 17.2. The predicted octanol–water partition coefficient (Wildman–Crippen LogP) is 2.80. The summed E-state index contributed by atoms with van der Waals surface area (Å²) in [6.07, 6.45) is 0.895. The molecule has 17 heavy (non-hydrogen) atoms. The van der Waals surface area contributed by atoms with Crippen LogP contribution < -0.4 is 4.74 Å². The van der Waals surface area contributed by atoms with E-state index in [1.54, 1.807) is 6.07 Å². The highest BCUT2D eigenvalue weighted by atomic mass is 19.3. The van der Waals surface area contributed by atoms with Gasteiger partial charge in [-0.05, 0) is 36.5 Å². The highest BCUT2D eigenvalue weighted by Crippen LogP contribution is 2.45. The van der Waals surface area contributed by atoms with E-state index in [9.17, 15) is 13.9 Å². The molecule has 0 heterocycles. The molecule has 0 spiro atoms. The second kappa shape index (κ2) is 4.98. The molecule has 1 aliphatic rings. The van der Waals surface area contributed by atoms with Crippen LogP contribution in [-0.4, -0.2) is 18.8 Å². The average molecular weight is 244 g/mol. The molecular formula is C12H14F2O3. The summed E-state index contributed by atoms with van der Waals surface area (Å²) in [5, 5.41) is 9.52. The van der Waals surface area contributed by atoms with Gasteiger partial charge in [0.15, 0.2) is 6.29 Å². The summed E-state index contributed by atoms with van der Waals surface area (Å²) in [5.74, 6) is 0.447. The summed E-state index contributed by atoms with van der Waals surface area (Å²) in [6, 6.07) is 4.65. The molecule has 1 aliphatic carbocycles. The van der Waals surface area contributed by atoms with Gasteiger partial charge in [-0.15, -0.1) is 0 Å². The average Bonchev–Trinajstić information content (AvgIpc) is 3.11. The highest BCUT2D eigenvalue weighted by Gasteiger charge is 2.28. The van der Waals surface area contributed by atoms with E-state index < -0.39 is 12.9 Å². The van der Waals surface area contributed by atoms with E-state index in [-0.39, 0.29) is 11.7 Å². The van der Waals surface area contributed by atoms with Crippen LogP contribution in [0.2, 0.25) is 0 Å². The van der Waals surface area contributed by atoms with Crippen LogP contribution in [0.5, 0.6) is 5.75 Å². The number of halogens is 2. The lowest BCUT2D eigenvalue weighted by atomic mass is 10.1. The minimum absolute atomic E-state index is 0.189. The van der Waals surface area contributed by atoms with Gasteiger partial charge < -0.3 is 14.6 Å². The van der Waals surface area contributed by atoms with E-state index >= 15 is 0 Å². The smallest absolute Gasteiger partial charge is 0.387 e. The van der Waals surface area contributed by atoms with Crippen LogP contribution in [0.25, 0.3) is 0 Å². The number of benzene rings is 1. The predicted molar refractivity (Wildman–Crippen MR) is 57.0 cm³/mol. The van der Waals surface area contributed by atoms with Crippen molar-refractivity contribution >= 4 is 0 Å². The van der Waals surface area contributed by atoms with E-state index in [4.69, 9.17) is 4.74 Å². The Morgan fingerprint density at radius 1 is 1.35 bits per heavy atom. The third-order valence-corrected chi connectivity index (χ3v) is 2.78. The van der Waals surface area contributed by atoms with E-state index in [2.05, 4.69) is 4.74 Å². The van der Waals surface area contributed by atoms with E-state index in [0.29, 0.717) is 5.56 Å². The number of rotatable bonds is 5. The van der Waals surface area contributed by atoms with Crippen LogP contribution in [0.1, 0.15) is 36.2 Å². The SMILES string of the molecule is COC(O)c1ccc(OC(F)F)c(C2CC2)c1. The van der Waals surface area contributed by atoms with Crippen molar-refractivity contribution in [2.24, 2.45) is 0 Å².